The summed E-state index contributed by atoms with van der Waals surface area (Å²) < 4.78 is 21.9. The third-order valence-electron chi connectivity index (χ3n) is 9.43. The van der Waals surface area contributed by atoms with Crippen molar-refractivity contribution < 1.29 is 42.9 Å². The van der Waals surface area contributed by atoms with Crippen LogP contribution < -0.4 is 10.6 Å². The lowest BCUT2D eigenvalue weighted by atomic mass is 9.85. The molecule has 0 aromatic carbocycles. The summed E-state index contributed by atoms with van der Waals surface area (Å²) in [4.78, 5) is 62.5. The van der Waals surface area contributed by atoms with Crippen molar-refractivity contribution in [3.8, 4) is 11.8 Å². The summed E-state index contributed by atoms with van der Waals surface area (Å²) in [5, 5.41) is 5.56. The fourth-order valence-electron chi connectivity index (χ4n) is 6.51. The van der Waals surface area contributed by atoms with Crippen LogP contribution in [0.1, 0.15) is 98.3 Å². The minimum Gasteiger partial charge on any atom is -0.449 e. The van der Waals surface area contributed by atoms with Gasteiger partial charge in [-0.15, -0.1) is 11.8 Å². The minimum atomic E-state index is -0.445. The van der Waals surface area contributed by atoms with Crippen molar-refractivity contribution in [2.75, 3.05) is 72.9 Å². The molecule has 0 heterocycles. The molecule has 0 radical (unpaired) electrons. The first-order chi connectivity index (χ1) is 24.0. The zero-order valence-corrected chi connectivity index (χ0v) is 31.3. The molecule has 1 fully saturated rings. The van der Waals surface area contributed by atoms with E-state index in [0.717, 1.165) is 25.7 Å². The summed E-state index contributed by atoms with van der Waals surface area (Å²) in [5.41, 5.74) is -0.0766. The molecule has 50 heavy (non-hydrogen) atoms. The van der Waals surface area contributed by atoms with E-state index in [4.69, 9.17) is 18.9 Å². The second kappa shape index (κ2) is 24.2. The van der Waals surface area contributed by atoms with Gasteiger partial charge in [0.05, 0.1) is 46.1 Å². The fourth-order valence-corrected chi connectivity index (χ4v) is 6.51. The molecule has 0 aliphatic heterocycles. The highest BCUT2D eigenvalue weighted by Crippen LogP contribution is 2.60. The van der Waals surface area contributed by atoms with Gasteiger partial charge in [-0.3, -0.25) is 19.2 Å². The van der Waals surface area contributed by atoms with Gasteiger partial charge in [-0.25, -0.2) is 4.79 Å². The first kappa shape index (κ1) is 43.2. The van der Waals surface area contributed by atoms with Crippen molar-refractivity contribution in [2.45, 2.75) is 98.3 Å². The van der Waals surface area contributed by atoms with Crippen LogP contribution in [-0.2, 0) is 38.1 Å². The van der Waals surface area contributed by atoms with Gasteiger partial charge in [0.1, 0.15) is 11.6 Å². The normalized spacial score (nSPS) is 18.2. The summed E-state index contributed by atoms with van der Waals surface area (Å²) >= 11 is 0. The van der Waals surface area contributed by atoms with Gasteiger partial charge in [0.25, 0.3) is 0 Å². The summed E-state index contributed by atoms with van der Waals surface area (Å²) in [6.45, 7) is 11.3. The van der Waals surface area contributed by atoms with Gasteiger partial charge in [0, 0.05) is 83.1 Å². The van der Waals surface area contributed by atoms with Crippen LogP contribution in [0.15, 0.2) is 0 Å². The number of hydrogen-bond acceptors (Lipinski definition) is 9. The Hall–Kier alpha value is -3.01. The van der Waals surface area contributed by atoms with Gasteiger partial charge in [0.2, 0.25) is 11.8 Å². The predicted molar refractivity (Wildman–Crippen MR) is 190 cm³/mol. The van der Waals surface area contributed by atoms with E-state index in [1.54, 1.807) is 4.90 Å². The third-order valence-corrected chi connectivity index (χ3v) is 9.43. The average Bonchev–Trinajstić information content (AvgIpc) is 3.76. The Labute approximate surface area is 299 Å². The molecule has 2 unspecified atom stereocenters. The van der Waals surface area contributed by atoms with Gasteiger partial charge >= 0.3 is 6.09 Å². The number of ketones is 2. The molecule has 12 heteroatoms. The zero-order chi connectivity index (χ0) is 36.8. The Morgan fingerprint density at radius 1 is 0.760 bits per heavy atom. The second-order valence-electron chi connectivity index (χ2n) is 14.4. The van der Waals surface area contributed by atoms with E-state index >= 15 is 0 Å². The van der Waals surface area contributed by atoms with Crippen LogP contribution >= 0.6 is 0 Å². The molecule has 2 aliphatic rings. The number of alkyl carbamates (subject to hydrolysis) is 1. The van der Waals surface area contributed by atoms with Gasteiger partial charge in [-0.2, -0.15) is 0 Å². The molecular weight excluding hydrogens is 642 g/mol. The summed E-state index contributed by atoms with van der Waals surface area (Å²) in [7, 11) is 1.54. The van der Waals surface area contributed by atoms with Crippen LogP contribution in [0.3, 0.4) is 0 Å². The molecule has 2 aliphatic carbocycles. The van der Waals surface area contributed by atoms with Crippen molar-refractivity contribution in [2.24, 2.45) is 29.1 Å². The highest BCUT2D eigenvalue weighted by Gasteiger charge is 2.56. The maximum Gasteiger partial charge on any atom is 0.407 e. The number of fused-ring (bicyclic) bond motifs is 1. The molecule has 3 amide bonds. The monoisotopic (exact) mass is 705 g/mol. The number of ether oxygens (including phenoxy) is 4. The quantitative estimate of drug-likeness (QED) is 0.0941. The third kappa shape index (κ3) is 17.8. The van der Waals surface area contributed by atoms with Crippen LogP contribution in [-0.4, -0.2) is 107 Å². The number of nitrogens with zero attached hydrogens (tertiary/aromatic N) is 1. The van der Waals surface area contributed by atoms with E-state index in [1.165, 1.54) is 7.11 Å². The van der Waals surface area contributed by atoms with Crippen molar-refractivity contribution in [3.05, 3.63) is 0 Å². The lowest BCUT2D eigenvalue weighted by Gasteiger charge is -2.25. The predicted octanol–water partition coefficient (Wildman–Crippen LogP) is 4.33. The number of hydrogen-bond donors (Lipinski definition) is 2. The number of carbonyl (C=O) groups excluding carboxylic acids is 5. The van der Waals surface area contributed by atoms with Gasteiger partial charge in [-0.1, -0.05) is 27.7 Å². The molecule has 2 N–H and O–H groups in total. The number of rotatable bonds is 27. The Kier molecular flexibility index (Phi) is 20.9. The van der Waals surface area contributed by atoms with Crippen LogP contribution in [0, 0.1) is 40.9 Å². The zero-order valence-electron chi connectivity index (χ0n) is 31.3. The highest BCUT2D eigenvalue weighted by atomic mass is 16.5. The highest BCUT2D eigenvalue weighted by molar-refractivity contribution is 5.79. The van der Waals surface area contributed by atoms with E-state index in [-0.39, 0.29) is 80.4 Å². The van der Waals surface area contributed by atoms with E-state index in [2.05, 4.69) is 36.3 Å². The number of amides is 3. The second-order valence-corrected chi connectivity index (χ2v) is 14.4. The lowest BCUT2D eigenvalue weighted by Crippen LogP contribution is -2.37. The molecule has 12 nitrogen and oxygen atoms in total. The molecule has 0 bridgehead atoms. The van der Waals surface area contributed by atoms with E-state index in [9.17, 15) is 24.0 Å². The van der Waals surface area contributed by atoms with Crippen molar-refractivity contribution in [1.29, 1.82) is 0 Å². The Bertz CT molecular complexity index is 1110. The number of methoxy groups -OCH3 is 1. The molecular formula is C38H63N3O9. The SMILES string of the molecule is COCCC(=O)N(CCOCCC(=O)CCCNC(=O)OCC(C)(C)C1C2CCC#CCCC21)CCOCCC(=O)CCCNC(=O)C(C)C. The largest absolute Gasteiger partial charge is 0.449 e. The van der Waals surface area contributed by atoms with Crippen molar-refractivity contribution >= 4 is 29.5 Å². The van der Waals surface area contributed by atoms with E-state index in [1.807, 2.05) is 13.8 Å². The molecule has 0 spiro atoms. The molecule has 2 rings (SSSR count). The first-order valence-corrected chi connectivity index (χ1v) is 18.6. The molecule has 0 aromatic rings. The van der Waals surface area contributed by atoms with Gasteiger partial charge in [-0.05, 0) is 43.4 Å². The van der Waals surface area contributed by atoms with Crippen LogP contribution in [0.5, 0.6) is 0 Å². The van der Waals surface area contributed by atoms with Crippen molar-refractivity contribution in [1.82, 2.24) is 15.5 Å². The minimum absolute atomic E-state index is 0.0213. The smallest absolute Gasteiger partial charge is 0.407 e. The summed E-state index contributed by atoms with van der Waals surface area (Å²) in [6.07, 6.45) is 6.34. The summed E-state index contributed by atoms with van der Waals surface area (Å²) in [6, 6.07) is 0. The molecule has 284 valence electrons. The van der Waals surface area contributed by atoms with Gasteiger partial charge in [0.15, 0.2) is 0 Å². The fraction of sp³-hybridized carbons (Fsp3) is 0.816. The van der Waals surface area contributed by atoms with Gasteiger partial charge < -0.3 is 34.5 Å². The molecule has 0 saturated heterocycles. The Balaban J connectivity index is 1.52. The number of nitrogens with one attached hydrogen (secondary N) is 2. The van der Waals surface area contributed by atoms with Crippen LogP contribution in [0.25, 0.3) is 0 Å². The maximum atomic E-state index is 12.6. The standard InChI is InChI=1S/C38H63N3O9/c1-29(2)36(45)39-19-10-12-30(42)16-24-48-26-21-41(34(44)18-23-47-5)22-27-49-25-17-31(43)13-11-20-40-37(46)50-28-38(3,4)35-32-14-8-6-7-9-15-33(32)35/h29,32-33,35H,8-28H2,1-5H3,(H,39,45)(H,40,46). The lowest BCUT2D eigenvalue weighted by molar-refractivity contribution is -0.134. The van der Waals surface area contributed by atoms with E-state index in [0.29, 0.717) is 82.8 Å². The number of carbonyl (C=O) groups is 5. The molecule has 2 atom stereocenters. The Morgan fingerprint density at radius 2 is 1.30 bits per heavy atom. The topological polar surface area (TPSA) is 150 Å². The van der Waals surface area contributed by atoms with E-state index < -0.39 is 6.09 Å². The summed E-state index contributed by atoms with van der Waals surface area (Å²) in [5.74, 6) is 8.35. The first-order valence-electron chi connectivity index (χ1n) is 18.6. The molecule has 0 aromatic heterocycles. The number of Topliss-reactive ketones (excluding diaryl/α,β-unsaturated/α-hetero) is 2. The van der Waals surface area contributed by atoms with Crippen molar-refractivity contribution in [3.63, 3.8) is 0 Å². The van der Waals surface area contributed by atoms with Crippen LogP contribution in [0.2, 0.25) is 0 Å². The maximum absolute atomic E-state index is 12.6. The molecule has 1 saturated carbocycles. The van der Waals surface area contributed by atoms with Crippen LogP contribution in [0.4, 0.5) is 4.79 Å². The average molecular weight is 706 g/mol. The Morgan fingerprint density at radius 3 is 1.82 bits per heavy atom.